The van der Waals surface area contributed by atoms with Crippen molar-refractivity contribution in [2.75, 3.05) is 7.11 Å². The Kier molecular flexibility index (Phi) is 12.6. The van der Waals surface area contributed by atoms with E-state index in [2.05, 4.69) is 51.7 Å². The summed E-state index contributed by atoms with van der Waals surface area (Å²) in [6, 6.07) is 4.77. The first kappa shape index (κ1) is 29.3. The molecule has 0 aliphatic carbocycles. The maximum absolute atomic E-state index is 13.2. The molecule has 0 radical (unpaired) electrons. The average molecular weight is 583 g/mol. The van der Waals surface area contributed by atoms with Gasteiger partial charge >= 0.3 is 5.97 Å². The Labute approximate surface area is 215 Å². The molecule has 3 amide bonds. The summed E-state index contributed by atoms with van der Waals surface area (Å²) < 4.78 is 5.87. The molecule has 0 aliphatic rings. The monoisotopic (exact) mass is 583 g/mol. The number of halogens is 1. The highest BCUT2D eigenvalue weighted by atomic mass is 127. The second-order valence-corrected chi connectivity index (χ2v) is 9.67. The quantitative estimate of drug-likeness (QED) is 0.188. The van der Waals surface area contributed by atoms with E-state index in [0.29, 0.717) is 12.0 Å². The lowest BCUT2D eigenvalue weighted by Gasteiger charge is -2.25. The maximum Gasteiger partial charge on any atom is 0.328 e. The van der Waals surface area contributed by atoms with Crippen molar-refractivity contribution in [3.8, 4) is 0 Å². The summed E-state index contributed by atoms with van der Waals surface area (Å²) in [4.78, 5) is 50.2. The van der Waals surface area contributed by atoms with Crippen LogP contribution in [0.5, 0.6) is 0 Å². The van der Waals surface area contributed by atoms with Gasteiger partial charge in [0.25, 0.3) is 0 Å². The van der Waals surface area contributed by atoms with Crippen LogP contribution in [0.4, 0.5) is 0 Å². The number of benzene rings is 1. The van der Waals surface area contributed by atoms with Crippen molar-refractivity contribution in [2.45, 2.75) is 58.2 Å². The number of hydrogen-bond acceptors (Lipinski definition) is 5. The topological polar surface area (TPSA) is 114 Å². The van der Waals surface area contributed by atoms with E-state index < -0.39 is 41.8 Å². The lowest BCUT2D eigenvalue weighted by Crippen LogP contribution is -2.56. The predicted molar refractivity (Wildman–Crippen MR) is 140 cm³/mol. The second-order valence-electron chi connectivity index (χ2n) is 8.43. The zero-order chi connectivity index (χ0) is 25.8. The molecule has 0 saturated heterocycles. The summed E-state index contributed by atoms with van der Waals surface area (Å²) in [5, 5.41) is 8.04. The van der Waals surface area contributed by atoms with Crippen molar-refractivity contribution in [3.05, 3.63) is 58.2 Å². The van der Waals surface area contributed by atoms with Crippen molar-refractivity contribution in [3.63, 3.8) is 0 Å². The molecule has 0 aliphatic heterocycles. The van der Waals surface area contributed by atoms with Gasteiger partial charge in [-0.15, -0.1) is 0 Å². The zero-order valence-corrected chi connectivity index (χ0v) is 22.3. The number of carbonyl (C=O) groups is 4. The fourth-order valence-corrected chi connectivity index (χ4v) is 3.60. The van der Waals surface area contributed by atoms with Crippen LogP contribution >= 0.6 is 22.6 Å². The third-order valence-electron chi connectivity index (χ3n) is 4.94. The van der Waals surface area contributed by atoms with Crippen LogP contribution < -0.4 is 16.0 Å². The van der Waals surface area contributed by atoms with Gasteiger partial charge in [-0.25, -0.2) is 4.79 Å². The van der Waals surface area contributed by atoms with Gasteiger partial charge in [-0.2, -0.15) is 0 Å². The van der Waals surface area contributed by atoms with Crippen LogP contribution in [-0.2, 0) is 30.3 Å². The first-order chi connectivity index (χ1) is 16.0. The van der Waals surface area contributed by atoms with E-state index in [9.17, 15) is 19.2 Å². The molecule has 0 spiro atoms. The third kappa shape index (κ3) is 10.5. The van der Waals surface area contributed by atoms with Crippen molar-refractivity contribution in [1.29, 1.82) is 0 Å². The van der Waals surface area contributed by atoms with Crippen LogP contribution in [-0.4, -0.2) is 48.9 Å². The first-order valence-corrected chi connectivity index (χ1v) is 12.0. The molecular weight excluding hydrogens is 549 g/mol. The van der Waals surface area contributed by atoms with Gasteiger partial charge in [0.05, 0.1) is 7.11 Å². The number of rotatable bonds is 13. The smallest absolute Gasteiger partial charge is 0.328 e. The van der Waals surface area contributed by atoms with E-state index >= 15 is 0 Å². The van der Waals surface area contributed by atoms with Gasteiger partial charge in [-0.3, -0.25) is 14.4 Å². The summed E-state index contributed by atoms with van der Waals surface area (Å²) in [6.45, 7) is 12.6. The highest BCUT2D eigenvalue weighted by Crippen LogP contribution is 2.12. The molecule has 0 heterocycles. The molecule has 3 N–H and O–H groups in total. The van der Waals surface area contributed by atoms with E-state index in [-0.39, 0.29) is 18.8 Å². The van der Waals surface area contributed by atoms with Crippen LogP contribution in [0.15, 0.2) is 49.1 Å². The van der Waals surface area contributed by atoms with Gasteiger partial charge in [-0.05, 0) is 52.6 Å². The highest BCUT2D eigenvalue weighted by molar-refractivity contribution is 14.1. The summed E-state index contributed by atoms with van der Waals surface area (Å²) in [7, 11) is 1.26. The highest BCUT2D eigenvalue weighted by Gasteiger charge is 2.30. The van der Waals surface area contributed by atoms with E-state index in [1.807, 2.05) is 38.1 Å². The standard InChI is InChI=1S/C25H34IN3O5/c1-7-16(4)13-20(27-17(5)30)23(31)28-21(14-18-8-10-19(26)11-9-18)24(32)29-22(12-15(2)3)25(33)34-6/h7-11,15,20-22H,1,4,12-14H2,2-3,5-6H3,(H,27,30)(H,28,31)(H,29,32)/t20-,21-,22-/m0/s1. The summed E-state index contributed by atoms with van der Waals surface area (Å²) >= 11 is 2.18. The number of carbonyl (C=O) groups excluding carboxylic acids is 4. The SMILES string of the molecule is C=CC(=C)C[C@H](NC(C)=O)C(=O)N[C@@H](Cc1ccc(I)cc1)C(=O)N[C@@H](CC(C)C)C(=O)OC. The van der Waals surface area contributed by atoms with E-state index in [1.165, 1.54) is 20.1 Å². The van der Waals surface area contributed by atoms with Crippen LogP contribution in [0.3, 0.4) is 0 Å². The molecule has 34 heavy (non-hydrogen) atoms. The van der Waals surface area contributed by atoms with Gasteiger partial charge in [0.15, 0.2) is 0 Å². The second kappa shape index (κ2) is 14.5. The molecule has 0 bridgehead atoms. The lowest BCUT2D eigenvalue weighted by atomic mass is 10.0. The largest absolute Gasteiger partial charge is 0.467 e. The Hall–Kier alpha value is -2.69. The molecule has 0 unspecified atom stereocenters. The minimum absolute atomic E-state index is 0.128. The van der Waals surface area contributed by atoms with Crippen molar-refractivity contribution in [2.24, 2.45) is 5.92 Å². The minimum atomic E-state index is -0.986. The number of ether oxygens (including phenoxy) is 1. The number of esters is 1. The van der Waals surface area contributed by atoms with Gasteiger partial charge in [0.1, 0.15) is 18.1 Å². The number of amides is 3. The number of allylic oxidation sites excluding steroid dienone is 1. The average Bonchev–Trinajstić information content (AvgIpc) is 2.77. The van der Waals surface area contributed by atoms with Crippen molar-refractivity contribution < 1.29 is 23.9 Å². The van der Waals surface area contributed by atoms with Crippen molar-refractivity contribution in [1.82, 2.24) is 16.0 Å². The van der Waals surface area contributed by atoms with Gasteiger partial charge in [0.2, 0.25) is 17.7 Å². The molecule has 1 aromatic rings. The first-order valence-electron chi connectivity index (χ1n) is 11.0. The summed E-state index contributed by atoms with van der Waals surface area (Å²) in [6.07, 6.45) is 2.23. The summed E-state index contributed by atoms with van der Waals surface area (Å²) in [5.41, 5.74) is 1.39. The van der Waals surface area contributed by atoms with Gasteiger partial charge < -0.3 is 20.7 Å². The Morgan fingerprint density at radius 2 is 1.56 bits per heavy atom. The molecule has 0 saturated carbocycles. The molecule has 9 heteroatoms. The summed E-state index contributed by atoms with van der Waals surface area (Å²) in [5.74, 6) is -1.88. The molecule has 1 aromatic carbocycles. The number of hydrogen-bond donors (Lipinski definition) is 3. The molecule has 3 atom stereocenters. The van der Waals surface area contributed by atoms with Gasteiger partial charge in [0, 0.05) is 23.3 Å². The Morgan fingerprint density at radius 1 is 1.00 bits per heavy atom. The molecular formula is C25H34IN3O5. The maximum atomic E-state index is 13.2. The zero-order valence-electron chi connectivity index (χ0n) is 20.2. The van der Waals surface area contributed by atoms with Gasteiger partial charge in [-0.1, -0.05) is 50.8 Å². The molecule has 0 fully saturated rings. The normalized spacial score (nSPS) is 13.2. The molecule has 1 rings (SSSR count). The molecule has 8 nitrogen and oxygen atoms in total. The van der Waals surface area contributed by atoms with Crippen LogP contribution in [0.1, 0.15) is 39.2 Å². The third-order valence-corrected chi connectivity index (χ3v) is 5.66. The predicted octanol–water partition coefficient (Wildman–Crippen LogP) is 2.66. The molecule has 0 aromatic heterocycles. The van der Waals surface area contributed by atoms with Crippen LogP contribution in [0.25, 0.3) is 0 Å². The van der Waals surface area contributed by atoms with E-state index in [4.69, 9.17) is 4.74 Å². The lowest BCUT2D eigenvalue weighted by molar-refractivity contribution is -0.146. The van der Waals surface area contributed by atoms with Crippen LogP contribution in [0, 0.1) is 9.49 Å². The van der Waals surface area contributed by atoms with Crippen molar-refractivity contribution >= 4 is 46.3 Å². The number of methoxy groups -OCH3 is 1. The fraction of sp³-hybridized carbons (Fsp3) is 0.440. The Morgan fingerprint density at radius 3 is 2.06 bits per heavy atom. The fourth-order valence-electron chi connectivity index (χ4n) is 3.24. The van der Waals surface area contributed by atoms with E-state index in [0.717, 1.165) is 9.13 Å². The Bertz CT molecular complexity index is 898. The minimum Gasteiger partial charge on any atom is -0.467 e. The molecule has 186 valence electrons. The number of nitrogens with one attached hydrogen (secondary N) is 3. The van der Waals surface area contributed by atoms with E-state index in [1.54, 1.807) is 0 Å². The van der Waals surface area contributed by atoms with Crippen LogP contribution in [0.2, 0.25) is 0 Å². The Balaban J connectivity index is 3.17.